The highest BCUT2D eigenvalue weighted by atomic mass is 16.3. The van der Waals surface area contributed by atoms with Crippen LogP contribution in [0.4, 0.5) is 0 Å². The highest BCUT2D eigenvalue weighted by Crippen LogP contribution is 2.48. The Hall–Kier alpha value is -11.7. The molecule has 0 amide bonds. The van der Waals surface area contributed by atoms with Crippen molar-refractivity contribution in [3.05, 3.63) is 338 Å². The first kappa shape index (κ1) is 63.0. The minimum atomic E-state index is -0.117. The number of hydrogen-bond donors (Lipinski definition) is 0. The number of fused-ring (bicyclic) bond motifs is 12. The Balaban J connectivity index is 0.000000118. The first-order valence-electron chi connectivity index (χ1n) is 35.0. The highest BCUT2D eigenvalue weighted by Gasteiger charge is 2.30. The van der Waals surface area contributed by atoms with E-state index in [9.17, 15) is 0 Å². The predicted octanol–water partition coefficient (Wildman–Crippen LogP) is 27.3. The van der Waals surface area contributed by atoms with E-state index in [-0.39, 0.29) is 16.2 Å². The predicted molar refractivity (Wildman–Crippen MR) is 426 cm³/mol. The molecule has 18 aromatic rings. The number of nitrogens with zero attached hydrogens (tertiary/aromatic N) is 2. The fourth-order valence-corrected chi connectivity index (χ4v) is 15.5. The van der Waals surface area contributed by atoms with Crippen LogP contribution in [0.15, 0.2) is 330 Å². The zero-order chi connectivity index (χ0) is 68.4. The summed E-state index contributed by atoms with van der Waals surface area (Å²) in [5.41, 5.74) is 27.2. The molecule has 0 atom stereocenters. The number of furan rings is 2. The Morgan fingerprint density at radius 2 is 0.530 bits per heavy atom. The molecule has 0 N–H and O–H groups in total. The monoisotopic (exact) mass is 1290 g/mol. The van der Waals surface area contributed by atoms with Gasteiger partial charge in [0, 0.05) is 59.8 Å². The lowest BCUT2D eigenvalue weighted by Gasteiger charge is -2.28. The minimum absolute atomic E-state index is 0.0895. The molecular weight excluding hydrogens is 1210 g/mol. The molecule has 0 saturated heterocycles. The molecule has 0 fully saturated rings. The molecule has 0 spiro atoms. The summed E-state index contributed by atoms with van der Waals surface area (Å²) in [5, 5.41) is 9.74. The summed E-state index contributed by atoms with van der Waals surface area (Å²) >= 11 is 0. The second-order valence-electron chi connectivity index (χ2n) is 29.5. The molecule has 486 valence electrons. The third-order valence-electron chi connectivity index (χ3n) is 19.8. The zero-order valence-electron chi connectivity index (χ0n) is 58.3. The van der Waals surface area contributed by atoms with Crippen LogP contribution in [-0.2, 0) is 16.2 Å². The van der Waals surface area contributed by atoms with Gasteiger partial charge in [0.15, 0.2) is 0 Å². The molecule has 14 aromatic carbocycles. The molecule has 4 aromatic heterocycles. The molecule has 0 unspecified atom stereocenters. The largest absolute Gasteiger partial charge is 0.455 e. The number of hydrogen-bond acceptors (Lipinski definition) is 2. The van der Waals surface area contributed by atoms with Gasteiger partial charge in [-0.25, -0.2) is 0 Å². The molecule has 0 aliphatic rings. The summed E-state index contributed by atoms with van der Waals surface area (Å²) < 4.78 is 17.8. The molecule has 0 aliphatic carbocycles. The van der Waals surface area contributed by atoms with Gasteiger partial charge < -0.3 is 18.0 Å². The Bertz CT molecular complexity index is 5660. The Kier molecular flexibility index (Phi) is 15.9. The lowest BCUT2D eigenvalue weighted by molar-refractivity contribution is 0.584. The van der Waals surface area contributed by atoms with E-state index < -0.39 is 0 Å². The fraction of sp³-hybridized carbons (Fsp3) is 0.125. The maximum Gasteiger partial charge on any atom is 0.143 e. The van der Waals surface area contributed by atoms with Crippen LogP contribution in [0.2, 0.25) is 0 Å². The standard InChI is InChI=1S/C34H28N2.C34H26O2.C28H26/c1-34(2,3)33-31(35-27-17-8-4-13-23(27)24-14-5-9-18-28(24)35)21-12-22-32(33)36-29-19-10-6-15-25(29)26-16-7-11-20-30(26)36;1-34(2,3)31-23(27-17-9-15-25-21-11-4-6-19-29(21)35-32(25)27)13-8-14-24(31)28-18-10-16-26-22-12-5-7-20-30(22)36-33(26)28;1-28(2,3)27-17-11-10-16-26(27)25-19-23(21-12-6-4-7-13-21)18-24(20-25)22-14-8-5-9-15-22/h4-22H,1-3H3;4-20H,1-3H3;4-20H,1-3H3. The molecule has 100 heavy (non-hydrogen) atoms. The van der Waals surface area contributed by atoms with Crippen LogP contribution in [0.1, 0.15) is 79.0 Å². The molecule has 0 saturated carbocycles. The van der Waals surface area contributed by atoms with Crippen molar-refractivity contribution in [3.63, 3.8) is 0 Å². The van der Waals surface area contributed by atoms with Crippen LogP contribution < -0.4 is 0 Å². The average molecular weight is 1290 g/mol. The van der Waals surface area contributed by atoms with Crippen LogP contribution in [0, 0.1) is 0 Å². The second kappa shape index (κ2) is 25.3. The van der Waals surface area contributed by atoms with E-state index in [1.165, 1.54) is 116 Å². The van der Waals surface area contributed by atoms with Gasteiger partial charge in [-0.1, -0.05) is 317 Å². The quantitative estimate of drug-likeness (QED) is 0.159. The SMILES string of the molecule is CC(C)(C)c1c(-c2cccc3c2oc2ccccc23)cccc1-c1cccc2c1oc1ccccc12.CC(C)(C)c1c(-n2c3ccccc3c3ccccc32)cccc1-n1c2ccccc2c2ccccc21.CC(C)(C)c1ccccc1-c1cc(-c2ccccc2)cc(-c2ccccc2)c1. The van der Waals surface area contributed by atoms with Crippen LogP contribution in [0.5, 0.6) is 0 Å². The summed E-state index contributed by atoms with van der Waals surface area (Å²) in [6.45, 7) is 20.7. The Labute approximate surface area is 585 Å². The smallest absolute Gasteiger partial charge is 0.143 e. The lowest BCUT2D eigenvalue weighted by atomic mass is 9.77. The molecule has 4 heterocycles. The Morgan fingerprint density at radius 3 is 0.940 bits per heavy atom. The van der Waals surface area contributed by atoms with Crippen molar-refractivity contribution < 1.29 is 8.83 Å². The molecular formula is C96H80N2O2. The van der Waals surface area contributed by atoms with Crippen molar-refractivity contribution in [1.82, 2.24) is 9.13 Å². The van der Waals surface area contributed by atoms with Gasteiger partial charge in [0.25, 0.3) is 0 Å². The topological polar surface area (TPSA) is 36.1 Å². The third kappa shape index (κ3) is 11.3. The van der Waals surface area contributed by atoms with Crippen LogP contribution in [-0.4, -0.2) is 9.13 Å². The van der Waals surface area contributed by atoms with Crippen molar-refractivity contribution in [2.24, 2.45) is 0 Å². The number of aromatic nitrogens is 2. The first-order valence-corrected chi connectivity index (χ1v) is 35.0. The van der Waals surface area contributed by atoms with Crippen LogP contribution >= 0.6 is 0 Å². The van der Waals surface area contributed by atoms with E-state index in [1.807, 2.05) is 24.3 Å². The van der Waals surface area contributed by atoms with E-state index in [0.29, 0.717) is 0 Å². The molecule has 18 rings (SSSR count). The van der Waals surface area contributed by atoms with Gasteiger partial charge in [0.1, 0.15) is 22.3 Å². The van der Waals surface area contributed by atoms with Crippen molar-refractivity contribution in [1.29, 1.82) is 0 Å². The van der Waals surface area contributed by atoms with Crippen molar-refractivity contribution in [2.45, 2.75) is 78.6 Å². The number of para-hydroxylation sites is 8. The third-order valence-corrected chi connectivity index (χ3v) is 19.8. The van der Waals surface area contributed by atoms with Crippen LogP contribution in [0.25, 0.3) is 154 Å². The maximum absolute atomic E-state index is 6.44. The summed E-state index contributed by atoms with van der Waals surface area (Å²) in [5.74, 6) is 0. The number of rotatable bonds is 7. The molecule has 0 radical (unpaired) electrons. The van der Waals surface area contributed by atoms with E-state index in [0.717, 1.165) is 55.0 Å². The molecule has 0 aliphatic heterocycles. The zero-order valence-corrected chi connectivity index (χ0v) is 58.3. The lowest BCUT2D eigenvalue weighted by Crippen LogP contribution is -2.19. The maximum atomic E-state index is 6.44. The van der Waals surface area contributed by atoms with E-state index in [1.54, 1.807) is 0 Å². The number of benzene rings is 14. The average Bonchev–Trinajstić information content (AvgIpc) is 1.53. The van der Waals surface area contributed by atoms with Gasteiger partial charge in [-0.2, -0.15) is 0 Å². The van der Waals surface area contributed by atoms with Gasteiger partial charge in [-0.3, -0.25) is 0 Å². The second-order valence-corrected chi connectivity index (χ2v) is 29.5. The van der Waals surface area contributed by atoms with E-state index >= 15 is 0 Å². The Morgan fingerprint density at radius 1 is 0.220 bits per heavy atom. The molecule has 0 bridgehead atoms. The van der Waals surface area contributed by atoms with Crippen molar-refractivity contribution in [3.8, 4) is 67.0 Å². The molecule has 4 nitrogen and oxygen atoms in total. The fourth-order valence-electron chi connectivity index (χ4n) is 15.5. The minimum Gasteiger partial charge on any atom is -0.455 e. The summed E-state index contributed by atoms with van der Waals surface area (Å²) in [6.07, 6.45) is 0. The van der Waals surface area contributed by atoms with Gasteiger partial charge in [-0.05, 0) is 139 Å². The summed E-state index contributed by atoms with van der Waals surface area (Å²) in [7, 11) is 0. The first-order chi connectivity index (χ1) is 48.6. The summed E-state index contributed by atoms with van der Waals surface area (Å²) in [6, 6.07) is 115. The normalized spacial score (nSPS) is 12.1. The highest BCUT2D eigenvalue weighted by molar-refractivity contribution is 6.14. The van der Waals surface area contributed by atoms with Gasteiger partial charge in [0.2, 0.25) is 0 Å². The van der Waals surface area contributed by atoms with Gasteiger partial charge in [-0.15, -0.1) is 0 Å². The van der Waals surface area contributed by atoms with Crippen molar-refractivity contribution in [2.75, 3.05) is 0 Å². The van der Waals surface area contributed by atoms with E-state index in [2.05, 4.69) is 369 Å². The van der Waals surface area contributed by atoms with Crippen LogP contribution in [0.3, 0.4) is 0 Å². The summed E-state index contributed by atoms with van der Waals surface area (Å²) in [4.78, 5) is 0. The van der Waals surface area contributed by atoms with Crippen molar-refractivity contribution >= 4 is 87.5 Å². The molecule has 4 heteroatoms. The van der Waals surface area contributed by atoms with Gasteiger partial charge >= 0.3 is 0 Å². The van der Waals surface area contributed by atoms with Gasteiger partial charge in [0.05, 0.1) is 33.4 Å². The van der Waals surface area contributed by atoms with E-state index in [4.69, 9.17) is 8.83 Å².